The van der Waals surface area contributed by atoms with Gasteiger partial charge in [0, 0.05) is 5.75 Å². The second-order valence-electron chi connectivity index (χ2n) is 3.87. The molecule has 0 aromatic carbocycles. The van der Waals surface area contributed by atoms with Crippen LogP contribution in [0.2, 0.25) is 0 Å². The first-order valence-electron chi connectivity index (χ1n) is 6.24. The summed E-state index contributed by atoms with van der Waals surface area (Å²) in [6.45, 7) is 2.72. The first-order valence-corrected chi connectivity index (χ1v) is 6.87. The van der Waals surface area contributed by atoms with Crippen LogP contribution in [0.4, 0.5) is 0 Å². The van der Waals surface area contributed by atoms with Gasteiger partial charge in [-0.25, -0.2) is 4.79 Å². The second-order valence-corrected chi connectivity index (χ2v) is 4.32. The van der Waals surface area contributed by atoms with Gasteiger partial charge in [0.1, 0.15) is 0 Å². The zero-order valence-corrected chi connectivity index (χ0v) is 11.1. The van der Waals surface area contributed by atoms with Gasteiger partial charge in [0.2, 0.25) is 0 Å². The predicted octanol–water partition coefficient (Wildman–Crippen LogP) is 3.53. The molecule has 0 aliphatic carbocycles. The molecule has 0 radical (unpaired) electrons. The highest BCUT2D eigenvalue weighted by Gasteiger charge is 2.01. The Hall–Kier alpha value is -0.220. The maximum Gasteiger partial charge on any atom is 0.343 e. The summed E-state index contributed by atoms with van der Waals surface area (Å²) in [7, 11) is 0. The summed E-state index contributed by atoms with van der Waals surface area (Å²) in [6, 6.07) is 0. The molecule has 0 amide bonds. The lowest BCUT2D eigenvalue weighted by molar-refractivity contribution is -0.272. The molecule has 0 bridgehead atoms. The van der Waals surface area contributed by atoms with E-state index in [-0.39, 0.29) is 5.97 Å². The van der Waals surface area contributed by atoms with E-state index in [1.807, 2.05) is 0 Å². The number of rotatable bonds is 11. The van der Waals surface area contributed by atoms with Crippen LogP contribution in [0.1, 0.15) is 58.3 Å². The number of hydrogen-bond donors (Lipinski definition) is 1. The zero-order valence-electron chi connectivity index (χ0n) is 10.2. The van der Waals surface area contributed by atoms with E-state index in [0.717, 1.165) is 12.8 Å². The molecule has 0 atom stereocenters. The van der Waals surface area contributed by atoms with Crippen LogP contribution in [0.3, 0.4) is 0 Å². The Morgan fingerprint density at radius 3 is 2.31 bits per heavy atom. The van der Waals surface area contributed by atoms with Crippen molar-refractivity contribution in [1.29, 1.82) is 0 Å². The Labute approximate surface area is 104 Å². The van der Waals surface area contributed by atoms with Crippen molar-refractivity contribution in [2.45, 2.75) is 58.3 Å². The molecule has 0 fully saturated rings. The quantitative estimate of drug-likeness (QED) is 0.263. The molecule has 0 N–H and O–H groups in total. The number of unbranched alkanes of at least 4 members (excludes halogenated alkanes) is 6. The number of carbonyl (C=O) groups excluding carboxylic acids is 1. The van der Waals surface area contributed by atoms with Gasteiger partial charge in [-0.2, -0.15) is 17.5 Å². The Kier molecular flexibility index (Phi) is 12.7. The van der Waals surface area contributed by atoms with Crippen molar-refractivity contribution in [1.82, 2.24) is 0 Å². The van der Waals surface area contributed by atoms with Crippen molar-refractivity contribution in [3.63, 3.8) is 0 Å². The Morgan fingerprint density at radius 1 is 1.06 bits per heavy atom. The Morgan fingerprint density at radius 2 is 1.69 bits per heavy atom. The predicted molar refractivity (Wildman–Crippen MR) is 68.5 cm³/mol. The van der Waals surface area contributed by atoms with Crippen molar-refractivity contribution < 1.29 is 14.6 Å². The Bertz CT molecular complexity index is 162. The summed E-state index contributed by atoms with van der Waals surface area (Å²) in [6.07, 6.45) is 8.89. The van der Waals surface area contributed by atoms with Crippen LogP contribution in [0.25, 0.3) is 0 Å². The lowest BCUT2D eigenvalue weighted by Gasteiger charge is -2.03. The smallest absolute Gasteiger partial charge is 0.298 e. The third-order valence-corrected chi connectivity index (χ3v) is 2.52. The monoisotopic (exact) mass is 248 g/mol. The lowest BCUT2D eigenvalue weighted by atomic mass is 10.1. The van der Waals surface area contributed by atoms with Gasteiger partial charge in [0.25, 0.3) is 0 Å². The summed E-state index contributed by atoms with van der Waals surface area (Å²) in [4.78, 5) is 20.2. The first kappa shape index (κ1) is 15.8. The van der Waals surface area contributed by atoms with E-state index in [0.29, 0.717) is 18.8 Å². The maximum absolute atomic E-state index is 10.9. The molecule has 0 spiro atoms. The van der Waals surface area contributed by atoms with Crippen molar-refractivity contribution >= 4 is 18.6 Å². The van der Waals surface area contributed by atoms with Gasteiger partial charge >= 0.3 is 5.97 Å². The van der Waals surface area contributed by atoms with Crippen LogP contribution in [0, 0.1) is 0 Å². The lowest BCUT2D eigenvalue weighted by Crippen LogP contribution is -2.06. The maximum atomic E-state index is 10.9. The van der Waals surface area contributed by atoms with E-state index in [4.69, 9.17) is 4.89 Å². The van der Waals surface area contributed by atoms with Gasteiger partial charge in [-0.1, -0.05) is 45.4 Å². The van der Waals surface area contributed by atoms with Gasteiger partial charge in [0.15, 0.2) is 0 Å². The minimum absolute atomic E-state index is 0.306. The van der Waals surface area contributed by atoms with Crippen LogP contribution >= 0.6 is 12.6 Å². The molecule has 0 aliphatic rings. The first-order chi connectivity index (χ1) is 7.81. The largest absolute Gasteiger partial charge is 0.343 e. The second kappa shape index (κ2) is 12.8. The van der Waals surface area contributed by atoms with Crippen LogP contribution in [-0.4, -0.2) is 18.3 Å². The van der Waals surface area contributed by atoms with Gasteiger partial charge < -0.3 is 0 Å². The highest BCUT2D eigenvalue weighted by Crippen LogP contribution is 2.06. The molecular weight excluding hydrogens is 224 g/mol. The van der Waals surface area contributed by atoms with Crippen molar-refractivity contribution in [2.24, 2.45) is 0 Å². The van der Waals surface area contributed by atoms with Crippen LogP contribution in [0.5, 0.6) is 0 Å². The van der Waals surface area contributed by atoms with Gasteiger partial charge in [-0.3, -0.25) is 4.89 Å². The molecule has 0 rings (SSSR count). The van der Waals surface area contributed by atoms with E-state index >= 15 is 0 Å². The fraction of sp³-hybridized carbons (Fsp3) is 0.917. The zero-order chi connectivity index (χ0) is 12.1. The molecule has 0 aromatic rings. The average molecular weight is 248 g/mol. The van der Waals surface area contributed by atoms with Crippen molar-refractivity contribution in [3.8, 4) is 0 Å². The number of thiol groups is 1. The third-order valence-electron chi connectivity index (χ3n) is 2.30. The summed E-state index contributed by atoms with van der Waals surface area (Å²) in [5, 5.41) is 0. The van der Waals surface area contributed by atoms with E-state index in [1.165, 1.54) is 32.1 Å². The fourth-order valence-corrected chi connectivity index (χ4v) is 1.54. The molecule has 0 aliphatic heterocycles. The highest BCUT2D eigenvalue weighted by atomic mass is 32.1. The van der Waals surface area contributed by atoms with Gasteiger partial charge in [-0.05, 0) is 6.42 Å². The van der Waals surface area contributed by atoms with Gasteiger partial charge in [0.05, 0.1) is 13.0 Å². The molecule has 0 saturated heterocycles. The summed E-state index contributed by atoms with van der Waals surface area (Å²) in [5.74, 6) is 0.164. The molecule has 3 nitrogen and oxygen atoms in total. The molecule has 16 heavy (non-hydrogen) atoms. The van der Waals surface area contributed by atoms with Gasteiger partial charge in [-0.15, -0.1) is 0 Å². The summed E-state index contributed by atoms with van der Waals surface area (Å²) >= 11 is 3.92. The molecule has 0 unspecified atom stereocenters. The molecule has 4 heteroatoms. The van der Waals surface area contributed by atoms with Crippen LogP contribution in [-0.2, 0) is 14.6 Å². The molecule has 0 heterocycles. The van der Waals surface area contributed by atoms with E-state index < -0.39 is 0 Å². The average Bonchev–Trinajstić information content (AvgIpc) is 2.27. The summed E-state index contributed by atoms with van der Waals surface area (Å²) in [5.41, 5.74) is 0. The minimum Gasteiger partial charge on any atom is -0.298 e. The Balaban J connectivity index is 3.01. The minimum atomic E-state index is -0.335. The van der Waals surface area contributed by atoms with Crippen molar-refractivity contribution in [2.75, 3.05) is 12.4 Å². The fourth-order valence-electron chi connectivity index (χ4n) is 1.36. The van der Waals surface area contributed by atoms with E-state index in [9.17, 15) is 4.79 Å². The van der Waals surface area contributed by atoms with E-state index in [1.54, 1.807) is 0 Å². The standard InChI is InChI=1S/C12H24O3S/c1-2-3-4-5-6-7-8-10-14-15-12(13)9-11-16/h16H,2-11H2,1H3. The molecule has 0 aromatic heterocycles. The normalized spacial score (nSPS) is 10.4. The van der Waals surface area contributed by atoms with Crippen LogP contribution < -0.4 is 0 Å². The highest BCUT2D eigenvalue weighted by molar-refractivity contribution is 7.80. The SMILES string of the molecule is CCCCCCCCCOOC(=O)CCS. The molecule has 0 saturated carbocycles. The third kappa shape index (κ3) is 11.9. The molecular formula is C12H24O3S. The van der Waals surface area contributed by atoms with E-state index in [2.05, 4.69) is 24.4 Å². The van der Waals surface area contributed by atoms with Crippen LogP contribution in [0.15, 0.2) is 0 Å². The molecule has 96 valence electrons. The summed E-state index contributed by atoms with van der Waals surface area (Å²) < 4.78 is 0. The number of hydrogen-bond acceptors (Lipinski definition) is 4. The topological polar surface area (TPSA) is 35.5 Å². The number of carbonyl (C=O) groups is 1. The van der Waals surface area contributed by atoms with Crippen molar-refractivity contribution in [3.05, 3.63) is 0 Å².